The van der Waals surface area contributed by atoms with Crippen LogP contribution >= 0.6 is 0 Å². The molecule has 0 spiro atoms. The molecule has 6 nitrogen and oxygen atoms in total. The van der Waals surface area contributed by atoms with E-state index in [1.807, 2.05) is 13.8 Å². The van der Waals surface area contributed by atoms with Crippen molar-refractivity contribution in [3.63, 3.8) is 0 Å². The lowest BCUT2D eigenvalue weighted by Gasteiger charge is -2.17. The third kappa shape index (κ3) is 3.59. The Labute approximate surface area is 111 Å². The molecule has 0 aromatic heterocycles. The van der Waals surface area contributed by atoms with Crippen LogP contribution in [0.25, 0.3) is 0 Å². The summed E-state index contributed by atoms with van der Waals surface area (Å²) in [5.41, 5.74) is 6.11. The summed E-state index contributed by atoms with van der Waals surface area (Å²) in [6, 6.07) is 6.96. The number of oxime groups is 1. The van der Waals surface area contributed by atoms with Gasteiger partial charge in [-0.3, -0.25) is 0 Å². The maximum absolute atomic E-state index is 8.55. The lowest BCUT2D eigenvalue weighted by atomic mass is 10.2. The minimum atomic E-state index is -0.538. The average molecular weight is 266 g/mol. The van der Waals surface area contributed by atoms with Crippen molar-refractivity contribution in [3.05, 3.63) is 29.8 Å². The number of hydrogen-bond donors (Lipinski definition) is 2. The molecule has 0 radical (unpaired) electrons. The molecule has 6 heteroatoms. The molecule has 1 fully saturated rings. The van der Waals surface area contributed by atoms with Gasteiger partial charge in [0.1, 0.15) is 18.5 Å². The smallest absolute Gasteiger partial charge is 0.170 e. The van der Waals surface area contributed by atoms with Crippen LogP contribution in [-0.4, -0.2) is 36.1 Å². The Bertz CT molecular complexity index is 456. The van der Waals surface area contributed by atoms with E-state index in [1.54, 1.807) is 24.3 Å². The monoisotopic (exact) mass is 266 g/mol. The van der Waals surface area contributed by atoms with Crippen LogP contribution in [0.4, 0.5) is 0 Å². The zero-order chi connectivity index (χ0) is 13.9. The standard InChI is InChI=1S/C13H18N2O4/c1-13(2)18-8-11(19-13)7-17-10-5-3-9(4-6-10)12(14)15-16/h3-6,11,16H,7-8H2,1-2H3,(H2,14,15)/t11-/m1/s1. The maximum Gasteiger partial charge on any atom is 0.170 e. The van der Waals surface area contributed by atoms with Crippen molar-refractivity contribution >= 4 is 5.84 Å². The first-order valence-electron chi connectivity index (χ1n) is 6.03. The van der Waals surface area contributed by atoms with Crippen LogP contribution in [0.5, 0.6) is 5.75 Å². The lowest BCUT2D eigenvalue weighted by molar-refractivity contribution is -0.141. The topological polar surface area (TPSA) is 86.3 Å². The zero-order valence-corrected chi connectivity index (χ0v) is 11.0. The first kappa shape index (κ1) is 13.6. The molecule has 104 valence electrons. The Kier molecular flexibility index (Phi) is 3.92. The van der Waals surface area contributed by atoms with E-state index in [1.165, 1.54) is 0 Å². The SMILES string of the molecule is CC1(C)OC[C@@H](COc2ccc(/C(N)=N/O)cc2)O1. The van der Waals surface area contributed by atoms with Gasteiger partial charge in [0.15, 0.2) is 11.6 Å². The molecular formula is C13H18N2O4. The van der Waals surface area contributed by atoms with Crippen molar-refractivity contribution < 1.29 is 19.4 Å². The quantitative estimate of drug-likeness (QED) is 0.371. The van der Waals surface area contributed by atoms with Gasteiger partial charge >= 0.3 is 0 Å². The van der Waals surface area contributed by atoms with Crippen molar-refractivity contribution in [2.45, 2.75) is 25.7 Å². The van der Waals surface area contributed by atoms with E-state index in [9.17, 15) is 0 Å². The highest BCUT2D eigenvalue weighted by atomic mass is 16.7. The molecule has 3 N–H and O–H groups in total. The third-order valence-corrected chi connectivity index (χ3v) is 2.76. The second-order valence-corrected chi connectivity index (χ2v) is 4.77. The first-order valence-corrected chi connectivity index (χ1v) is 6.03. The van der Waals surface area contributed by atoms with Crippen molar-refractivity contribution in [1.82, 2.24) is 0 Å². The normalized spacial score (nSPS) is 22.4. The van der Waals surface area contributed by atoms with Gasteiger partial charge in [-0.15, -0.1) is 0 Å². The van der Waals surface area contributed by atoms with Gasteiger partial charge in [-0.1, -0.05) is 5.16 Å². The number of nitrogens with two attached hydrogens (primary N) is 1. The molecule has 0 bridgehead atoms. The summed E-state index contributed by atoms with van der Waals surface area (Å²) in [4.78, 5) is 0. The van der Waals surface area contributed by atoms with E-state index < -0.39 is 5.79 Å². The van der Waals surface area contributed by atoms with Crippen molar-refractivity contribution in [3.8, 4) is 5.75 Å². The van der Waals surface area contributed by atoms with E-state index in [4.69, 9.17) is 25.2 Å². The van der Waals surface area contributed by atoms with Crippen LogP contribution in [-0.2, 0) is 9.47 Å². The second kappa shape index (κ2) is 5.46. The summed E-state index contributed by atoms with van der Waals surface area (Å²) >= 11 is 0. The number of amidine groups is 1. The Morgan fingerprint density at radius 3 is 2.68 bits per heavy atom. The van der Waals surface area contributed by atoms with E-state index in [2.05, 4.69) is 5.16 Å². The Balaban J connectivity index is 1.87. The van der Waals surface area contributed by atoms with Crippen LogP contribution in [0.15, 0.2) is 29.4 Å². The van der Waals surface area contributed by atoms with E-state index in [0.29, 0.717) is 24.5 Å². The molecule has 1 aliphatic rings. The average Bonchev–Trinajstić information content (AvgIpc) is 2.76. The van der Waals surface area contributed by atoms with Gasteiger partial charge in [0.25, 0.3) is 0 Å². The number of benzene rings is 1. The first-order chi connectivity index (χ1) is 9.00. The van der Waals surface area contributed by atoms with Gasteiger partial charge in [-0.25, -0.2) is 0 Å². The van der Waals surface area contributed by atoms with Crippen LogP contribution in [0.3, 0.4) is 0 Å². The van der Waals surface area contributed by atoms with E-state index >= 15 is 0 Å². The zero-order valence-electron chi connectivity index (χ0n) is 11.0. The summed E-state index contributed by atoms with van der Waals surface area (Å²) < 4.78 is 16.7. The van der Waals surface area contributed by atoms with E-state index in [-0.39, 0.29) is 11.9 Å². The van der Waals surface area contributed by atoms with Gasteiger partial charge in [-0.2, -0.15) is 0 Å². The minimum Gasteiger partial charge on any atom is -0.491 e. The molecule has 1 aromatic rings. The number of ether oxygens (including phenoxy) is 3. The molecule has 1 atom stereocenters. The highest BCUT2D eigenvalue weighted by Gasteiger charge is 2.32. The maximum atomic E-state index is 8.55. The minimum absolute atomic E-state index is 0.0702. The molecule has 1 aliphatic heterocycles. The van der Waals surface area contributed by atoms with Crippen molar-refractivity contribution in [1.29, 1.82) is 0 Å². The van der Waals surface area contributed by atoms with Crippen LogP contribution in [0.2, 0.25) is 0 Å². The largest absolute Gasteiger partial charge is 0.491 e. The second-order valence-electron chi connectivity index (χ2n) is 4.77. The van der Waals surface area contributed by atoms with Gasteiger partial charge in [0, 0.05) is 5.56 Å². The number of rotatable bonds is 4. The molecule has 0 amide bonds. The molecule has 0 aliphatic carbocycles. The van der Waals surface area contributed by atoms with Crippen molar-refractivity contribution in [2.24, 2.45) is 10.9 Å². The summed E-state index contributed by atoms with van der Waals surface area (Å²) in [5.74, 6) is 0.229. The van der Waals surface area contributed by atoms with Gasteiger partial charge in [0.2, 0.25) is 0 Å². The summed E-state index contributed by atoms with van der Waals surface area (Å²) in [6.07, 6.45) is -0.0706. The fourth-order valence-electron chi connectivity index (χ4n) is 1.81. The molecule has 1 saturated heterocycles. The predicted molar refractivity (Wildman–Crippen MR) is 69.4 cm³/mol. The fourth-order valence-corrected chi connectivity index (χ4v) is 1.81. The van der Waals surface area contributed by atoms with Gasteiger partial charge in [-0.05, 0) is 38.1 Å². The Hall–Kier alpha value is -1.79. The van der Waals surface area contributed by atoms with Crippen LogP contribution in [0.1, 0.15) is 19.4 Å². The lowest BCUT2D eigenvalue weighted by Crippen LogP contribution is -2.25. The molecule has 19 heavy (non-hydrogen) atoms. The summed E-state index contributed by atoms with van der Waals surface area (Å²) in [6.45, 7) is 4.69. The summed E-state index contributed by atoms with van der Waals surface area (Å²) in [7, 11) is 0. The van der Waals surface area contributed by atoms with Crippen LogP contribution < -0.4 is 10.5 Å². The Morgan fingerprint density at radius 2 is 2.16 bits per heavy atom. The Morgan fingerprint density at radius 1 is 1.47 bits per heavy atom. The van der Waals surface area contributed by atoms with Gasteiger partial charge in [0.05, 0.1) is 6.61 Å². The highest BCUT2D eigenvalue weighted by molar-refractivity contribution is 5.97. The highest BCUT2D eigenvalue weighted by Crippen LogP contribution is 2.23. The number of nitrogens with zero attached hydrogens (tertiary/aromatic N) is 1. The molecule has 0 unspecified atom stereocenters. The molecule has 1 heterocycles. The number of hydrogen-bond acceptors (Lipinski definition) is 5. The van der Waals surface area contributed by atoms with Gasteiger partial charge < -0.3 is 25.2 Å². The van der Waals surface area contributed by atoms with Crippen LogP contribution in [0, 0.1) is 0 Å². The molecule has 2 rings (SSSR count). The summed E-state index contributed by atoms with van der Waals surface area (Å²) in [5, 5.41) is 11.5. The van der Waals surface area contributed by atoms with Crippen molar-refractivity contribution in [2.75, 3.05) is 13.2 Å². The predicted octanol–water partition coefficient (Wildman–Crippen LogP) is 1.31. The molecule has 0 saturated carbocycles. The molecular weight excluding hydrogens is 248 g/mol. The molecule has 1 aromatic carbocycles. The third-order valence-electron chi connectivity index (χ3n) is 2.76. The van der Waals surface area contributed by atoms with E-state index in [0.717, 1.165) is 0 Å². The fraction of sp³-hybridized carbons (Fsp3) is 0.462.